The molecule has 0 aromatic carbocycles. The number of hydrogen-bond acceptors (Lipinski definition) is 6. The second-order valence-corrected chi connectivity index (χ2v) is 9.46. The number of aromatic nitrogens is 1. The van der Waals surface area contributed by atoms with Gasteiger partial charge in [0.2, 0.25) is 0 Å². The van der Waals surface area contributed by atoms with Gasteiger partial charge in [-0.05, 0) is 50.9 Å². The van der Waals surface area contributed by atoms with Gasteiger partial charge in [-0.25, -0.2) is 0 Å². The number of amides is 2. The van der Waals surface area contributed by atoms with Crippen molar-refractivity contribution in [1.82, 2.24) is 25.4 Å². The quantitative estimate of drug-likeness (QED) is 0.799. The van der Waals surface area contributed by atoms with Crippen LogP contribution in [0.15, 0.2) is 18.3 Å². The molecule has 2 N–H and O–H groups in total. The number of rotatable bonds is 3. The number of piperidine rings is 3. The fraction of sp³-hybridized carbons (Fsp3) is 0.571. The Bertz CT molecular complexity index is 928. The zero-order chi connectivity index (χ0) is 20.0. The Balaban J connectivity index is 1.33. The molecule has 0 spiro atoms. The summed E-state index contributed by atoms with van der Waals surface area (Å²) < 4.78 is 0.936. The molecule has 2 atom stereocenters. The maximum absolute atomic E-state index is 12.9. The molecule has 8 heteroatoms. The van der Waals surface area contributed by atoms with Crippen LogP contribution in [0, 0.1) is 5.92 Å². The van der Waals surface area contributed by atoms with Crippen molar-refractivity contribution in [2.75, 3.05) is 39.3 Å². The maximum atomic E-state index is 12.9. The van der Waals surface area contributed by atoms with Gasteiger partial charge in [-0.15, -0.1) is 11.3 Å². The first-order valence-electron chi connectivity index (χ1n) is 10.5. The molecule has 4 fully saturated rings. The molecule has 2 amide bonds. The minimum atomic E-state index is -0.110. The Hall–Kier alpha value is -2.03. The molecule has 154 valence electrons. The Labute approximate surface area is 174 Å². The predicted molar refractivity (Wildman–Crippen MR) is 113 cm³/mol. The first kappa shape index (κ1) is 19.0. The van der Waals surface area contributed by atoms with Crippen molar-refractivity contribution in [3.05, 3.63) is 28.9 Å². The monoisotopic (exact) mass is 413 g/mol. The summed E-state index contributed by atoms with van der Waals surface area (Å²) in [5.74, 6) is 0.522. The van der Waals surface area contributed by atoms with Gasteiger partial charge in [0.05, 0.1) is 4.88 Å². The summed E-state index contributed by atoms with van der Waals surface area (Å²) in [5, 5.41) is 7.43. The lowest BCUT2D eigenvalue weighted by Crippen LogP contribution is -2.62. The van der Waals surface area contributed by atoms with Crippen molar-refractivity contribution in [3.8, 4) is 0 Å². The van der Waals surface area contributed by atoms with Gasteiger partial charge in [0.1, 0.15) is 5.69 Å². The fourth-order valence-electron chi connectivity index (χ4n) is 4.96. The van der Waals surface area contributed by atoms with Gasteiger partial charge in [-0.3, -0.25) is 19.5 Å². The first-order chi connectivity index (χ1) is 14.1. The lowest BCUT2D eigenvalue weighted by molar-refractivity contribution is 0.0216. The van der Waals surface area contributed by atoms with Gasteiger partial charge in [0.15, 0.2) is 0 Å². The highest BCUT2D eigenvalue weighted by molar-refractivity contribution is 7.20. The molecular weight excluding hydrogens is 386 g/mol. The van der Waals surface area contributed by atoms with Crippen molar-refractivity contribution < 1.29 is 9.59 Å². The molecule has 6 rings (SSSR count). The molecule has 4 saturated heterocycles. The van der Waals surface area contributed by atoms with Gasteiger partial charge in [-0.1, -0.05) is 0 Å². The van der Waals surface area contributed by atoms with E-state index in [0.717, 1.165) is 62.2 Å². The fourth-order valence-corrected chi connectivity index (χ4v) is 6.00. The molecule has 0 aliphatic carbocycles. The van der Waals surface area contributed by atoms with Crippen molar-refractivity contribution >= 4 is 33.2 Å². The number of fused-ring (bicyclic) bond motifs is 4. The van der Waals surface area contributed by atoms with Crippen LogP contribution in [0.4, 0.5) is 0 Å². The highest BCUT2D eigenvalue weighted by Crippen LogP contribution is 2.32. The number of pyridine rings is 1. The SMILES string of the molecule is C[C@H]1[C@H](NC(=O)c2cc3sc(C(=O)N4CCNCC4)cc3cn2)C2CCN1CC2. The summed E-state index contributed by atoms with van der Waals surface area (Å²) >= 11 is 1.45. The van der Waals surface area contributed by atoms with Crippen LogP contribution in [0.25, 0.3) is 10.1 Å². The highest BCUT2D eigenvalue weighted by Gasteiger charge is 2.40. The lowest BCUT2D eigenvalue weighted by atomic mass is 9.79. The van der Waals surface area contributed by atoms with E-state index in [4.69, 9.17) is 0 Å². The lowest BCUT2D eigenvalue weighted by Gasteiger charge is -2.49. The van der Waals surface area contributed by atoms with E-state index in [1.165, 1.54) is 11.3 Å². The molecule has 0 radical (unpaired) electrons. The van der Waals surface area contributed by atoms with Crippen molar-refractivity contribution in [2.45, 2.75) is 31.8 Å². The summed E-state index contributed by atoms with van der Waals surface area (Å²) in [4.78, 5) is 35.1. The van der Waals surface area contributed by atoms with Gasteiger partial charge in [-0.2, -0.15) is 0 Å². The van der Waals surface area contributed by atoms with Crippen molar-refractivity contribution in [3.63, 3.8) is 0 Å². The van der Waals surface area contributed by atoms with E-state index in [0.29, 0.717) is 22.5 Å². The summed E-state index contributed by atoms with van der Waals surface area (Å²) in [6, 6.07) is 4.29. The van der Waals surface area contributed by atoms with Crippen LogP contribution >= 0.6 is 11.3 Å². The summed E-state index contributed by atoms with van der Waals surface area (Å²) in [6.45, 7) is 7.62. The van der Waals surface area contributed by atoms with Crippen LogP contribution in [0.2, 0.25) is 0 Å². The molecule has 6 heterocycles. The Morgan fingerprint density at radius 2 is 1.93 bits per heavy atom. The minimum Gasteiger partial charge on any atom is -0.346 e. The van der Waals surface area contributed by atoms with Crippen LogP contribution in [-0.4, -0.2) is 78.0 Å². The number of carbonyl (C=O) groups is 2. The number of hydrogen-bond donors (Lipinski definition) is 2. The molecule has 29 heavy (non-hydrogen) atoms. The number of nitrogens with zero attached hydrogens (tertiary/aromatic N) is 3. The van der Waals surface area contributed by atoms with Gasteiger partial charge < -0.3 is 15.5 Å². The average molecular weight is 414 g/mol. The van der Waals surface area contributed by atoms with E-state index in [9.17, 15) is 9.59 Å². The molecule has 4 aliphatic heterocycles. The van der Waals surface area contributed by atoms with Crippen LogP contribution < -0.4 is 10.6 Å². The normalized spacial score (nSPS) is 29.2. The molecule has 2 aromatic rings. The van der Waals surface area contributed by atoms with Gasteiger partial charge in [0.25, 0.3) is 11.8 Å². The van der Waals surface area contributed by atoms with E-state index in [1.807, 2.05) is 17.0 Å². The number of nitrogens with one attached hydrogen (secondary N) is 2. The number of thiophene rings is 1. The highest BCUT2D eigenvalue weighted by atomic mass is 32.1. The van der Waals surface area contributed by atoms with Crippen LogP contribution in [0.3, 0.4) is 0 Å². The second kappa shape index (κ2) is 7.66. The van der Waals surface area contributed by atoms with E-state index in [1.54, 1.807) is 6.20 Å². The molecular formula is C21H27N5O2S. The third-order valence-electron chi connectivity index (χ3n) is 6.72. The zero-order valence-corrected chi connectivity index (χ0v) is 17.5. The summed E-state index contributed by atoms with van der Waals surface area (Å²) in [5.41, 5.74) is 0.434. The first-order valence-corrected chi connectivity index (χ1v) is 11.4. The van der Waals surface area contributed by atoms with E-state index in [-0.39, 0.29) is 17.9 Å². The largest absolute Gasteiger partial charge is 0.346 e. The van der Waals surface area contributed by atoms with Gasteiger partial charge >= 0.3 is 0 Å². The third kappa shape index (κ3) is 3.53. The van der Waals surface area contributed by atoms with Crippen molar-refractivity contribution in [2.24, 2.45) is 5.92 Å². The standard InChI is InChI=1S/C21H27N5O2S/c1-13-19(14-2-6-25(13)7-3-14)24-20(27)16-11-17-15(12-23-16)10-18(29-17)21(28)26-8-4-22-5-9-26/h10-14,19,22H,2-9H2,1H3,(H,24,27)/t13-,19-/m0/s1. The predicted octanol–water partition coefficient (Wildman–Crippen LogP) is 1.55. The molecule has 2 bridgehead atoms. The molecule has 0 unspecified atom stereocenters. The second-order valence-electron chi connectivity index (χ2n) is 8.37. The summed E-state index contributed by atoms with van der Waals surface area (Å²) in [7, 11) is 0. The Morgan fingerprint density at radius 3 is 2.66 bits per heavy atom. The molecule has 0 saturated carbocycles. The molecule has 4 aliphatic rings. The molecule has 2 aromatic heterocycles. The van der Waals surface area contributed by atoms with E-state index < -0.39 is 0 Å². The maximum Gasteiger partial charge on any atom is 0.270 e. The minimum absolute atomic E-state index is 0.0693. The molecule has 7 nitrogen and oxygen atoms in total. The topological polar surface area (TPSA) is 77.6 Å². The Morgan fingerprint density at radius 1 is 1.17 bits per heavy atom. The van der Waals surface area contributed by atoms with E-state index >= 15 is 0 Å². The summed E-state index contributed by atoms with van der Waals surface area (Å²) in [6.07, 6.45) is 4.03. The number of piperazine rings is 1. The average Bonchev–Trinajstić information content (AvgIpc) is 3.20. The Kier molecular flexibility index (Phi) is 5.01. The van der Waals surface area contributed by atoms with Crippen LogP contribution in [0.1, 0.15) is 39.9 Å². The van der Waals surface area contributed by atoms with Crippen LogP contribution in [-0.2, 0) is 0 Å². The van der Waals surface area contributed by atoms with Crippen LogP contribution in [0.5, 0.6) is 0 Å². The van der Waals surface area contributed by atoms with Crippen molar-refractivity contribution in [1.29, 1.82) is 0 Å². The third-order valence-corrected chi connectivity index (χ3v) is 7.81. The van der Waals surface area contributed by atoms with E-state index in [2.05, 4.69) is 27.4 Å². The number of carbonyl (C=O) groups excluding carboxylic acids is 2. The zero-order valence-electron chi connectivity index (χ0n) is 16.7. The van der Waals surface area contributed by atoms with Gasteiger partial charge in [0, 0.05) is 54.5 Å². The smallest absolute Gasteiger partial charge is 0.270 e.